The van der Waals surface area contributed by atoms with Crippen molar-refractivity contribution < 1.29 is 29.0 Å². The Morgan fingerprint density at radius 1 is 0.955 bits per heavy atom. The lowest BCUT2D eigenvalue weighted by Gasteiger charge is -2.35. The van der Waals surface area contributed by atoms with E-state index in [2.05, 4.69) is 74.7 Å². The van der Waals surface area contributed by atoms with E-state index in [-0.39, 0.29) is 63.4 Å². The number of fused-ring (bicyclic) bond motifs is 3. The highest BCUT2D eigenvalue weighted by Gasteiger charge is 2.44. The lowest BCUT2D eigenvalue weighted by atomic mass is 9.85. The molecule has 348 valence electrons. The summed E-state index contributed by atoms with van der Waals surface area (Å²) in [5.74, 6) is 10.4. The minimum atomic E-state index is -1.01. The number of carbonyl (C=O) groups is 4. The smallest absolute Gasteiger partial charge is 0.246 e. The molecule has 5 aromatic rings. The number of halogens is 1. The molecule has 7 rings (SSSR count). The zero-order valence-corrected chi connectivity index (χ0v) is 40.8. The van der Waals surface area contributed by atoms with Crippen LogP contribution in [0.4, 0.5) is 0 Å². The Kier molecular flexibility index (Phi) is 15.5. The number of nitrogens with zero attached hydrogens (tertiary/aromatic N) is 5. The monoisotopic (exact) mass is 960 g/mol. The van der Waals surface area contributed by atoms with Crippen LogP contribution in [0.5, 0.6) is 0 Å². The SMILES string of the molecule is Cc1ncsc1-c1ccc(CNC(=O)[C@@H]2C[C@@H](O)CN2C(=O)[C@@H](NC(=O)COCC#CC#CCNC(=O)C[C@@H]2C=C(c3ccc(Cl)cc3)c3c(sc(C)c3C)-n3c(C)nnc32)C(C)(C)C)cc1. The summed E-state index contributed by atoms with van der Waals surface area (Å²) in [5.41, 5.74) is 8.18. The molecule has 0 radical (unpaired) electrons. The Hall–Kier alpha value is -6.14. The maximum absolute atomic E-state index is 14.0. The van der Waals surface area contributed by atoms with Gasteiger partial charge in [-0.25, -0.2) is 4.98 Å². The van der Waals surface area contributed by atoms with Gasteiger partial charge in [-0.15, -0.1) is 32.9 Å². The van der Waals surface area contributed by atoms with Crippen LogP contribution in [0.2, 0.25) is 5.02 Å². The Balaban J connectivity index is 0.882. The van der Waals surface area contributed by atoms with E-state index in [1.54, 1.807) is 28.2 Å². The van der Waals surface area contributed by atoms with Gasteiger partial charge in [0.1, 0.15) is 41.9 Å². The molecule has 2 aliphatic rings. The van der Waals surface area contributed by atoms with Crippen molar-refractivity contribution >= 4 is 63.5 Å². The average molecular weight is 962 g/mol. The number of rotatable bonds is 13. The molecule has 2 aromatic carbocycles. The molecule has 4 N–H and O–H groups in total. The van der Waals surface area contributed by atoms with E-state index in [1.165, 1.54) is 9.78 Å². The molecule has 67 heavy (non-hydrogen) atoms. The summed E-state index contributed by atoms with van der Waals surface area (Å²) in [7, 11) is 0. The second-order valence-corrected chi connectivity index (χ2v) is 20.1. The normalized spacial score (nSPS) is 16.8. The predicted molar refractivity (Wildman–Crippen MR) is 260 cm³/mol. The topological polar surface area (TPSA) is 181 Å². The fourth-order valence-electron chi connectivity index (χ4n) is 8.09. The first-order valence-corrected chi connectivity index (χ1v) is 23.9. The van der Waals surface area contributed by atoms with Crippen molar-refractivity contribution in [3.8, 4) is 39.1 Å². The van der Waals surface area contributed by atoms with E-state index in [4.69, 9.17) is 16.3 Å². The quantitative estimate of drug-likeness (QED) is 0.0789. The minimum absolute atomic E-state index is 0.0391. The molecule has 4 amide bonds. The number of benzene rings is 2. The molecule has 3 aromatic heterocycles. The molecule has 0 unspecified atom stereocenters. The number of hydrogen-bond donors (Lipinski definition) is 4. The third kappa shape index (κ3) is 11.5. The van der Waals surface area contributed by atoms with Crippen LogP contribution in [-0.2, 0) is 30.5 Å². The first kappa shape index (κ1) is 48.8. The van der Waals surface area contributed by atoms with Crippen LogP contribution in [0.3, 0.4) is 0 Å². The molecule has 0 bridgehead atoms. The van der Waals surface area contributed by atoms with Gasteiger partial charge in [-0.1, -0.05) is 86.7 Å². The van der Waals surface area contributed by atoms with E-state index >= 15 is 0 Å². The maximum atomic E-state index is 14.0. The highest BCUT2D eigenvalue weighted by molar-refractivity contribution is 7.15. The molecule has 1 fully saturated rings. The number of aliphatic hydroxyl groups excluding tert-OH is 1. The Morgan fingerprint density at radius 2 is 1.67 bits per heavy atom. The Morgan fingerprint density at radius 3 is 2.37 bits per heavy atom. The fraction of sp³-hybridized carbons (Fsp3) is 0.380. The van der Waals surface area contributed by atoms with Gasteiger partial charge in [0.05, 0.1) is 28.7 Å². The van der Waals surface area contributed by atoms with Gasteiger partial charge in [0, 0.05) is 47.3 Å². The number of ether oxygens (including phenoxy) is 1. The number of aliphatic hydroxyl groups is 1. The number of aryl methyl sites for hydroxylation is 3. The largest absolute Gasteiger partial charge is 0.391 e. The fourth-order valence-corrected chi connectivity index (χ4v) is 10.3. The molecule has 0 saturated carbocycles. The lowest BCUT2D eigenvalue weighted by molar-refractivity contribution is -0.144. The first-order chi connectivity index (χ1) is 32.0. The van der Waals surface area contributed by atoms with Crippen LogP contribution in [0.25, 0.3) is 21.0 Å². The number of amides is 4. The van der Waals surface area contributed by atoms with Crippen molar-refractivity contribution in [3.05, 3.63) is 110 Å². The van der Waals surface area contributed by atoms with Gasteiger partial charge in [-0.3, -0.25) is 23.7 Å². The number of hydrogen-bond acceptors (Lipinski definition) is 11. The summed E-state index contributed by atoms with van der Waals surface area (Å²) < 4.78 is 7.52. The molecular formula is C50H53ClN8O6S2. The molecular weight excluding hydrogens is 908 g/mol. The average Bonchev–Trinajstić information content (AvgIpc) is 4.06. The molecule has 14 nitrogen and oxygen atoms in total. The number of allylic oxidation sites excluding steroid dienone is 1. The third-order valence-corrected chi connectivity index (χ3v) is 14.1. The third-order valence-electron chi connectivity index (χ3n) is 11.7. The zero-order valence-electron chi connectivity index (χ0n) is 38.5. The molecule has 4 atom stereocenters. The highest BCUT2D eigenvalue weighted by Crippen LogP contribution is 2.44. The number of nitrogens with one attached hydrogen (secondary N) is 3. The molecule has 17 heteroatoms. The van der Waals surface area contributed by atoms with Crippen LogP contribution in [0, 0.1) is 56.8 Å². The van der Waals surface area contributed by atoms with Crippen LogP contribution >= 0.6 is 34.3 Å². The molecule has 1 saturated heterocycles. The molecule has 2 aliphatic heterocycles. The Labute approximate surface area is 403 Å². The Bertz CT molecular complexity index is 2820. The number of likely N-dealkylation sites (tertiary alicyclic amines) is 1. The van der Waals surface area contributed by atoms with Crippen molar-refractivity contribution in [2.75, 3.05) is 26.3 Å². The number of thiophene rings is 1. The van der Waals surface area contributed by atoms with Crippen molar-refractivity contribution in [2.45, 2.75) is 92.0 Å². The van der Waals surface area contributed by atoms with Gasteiger partial charge in [-0.05, 0) is 84.9 Å². The van der Waals surface area contributed by atoms with Crippen molar-refractivity contribution in [1.82, 2.24) is 40.6 Å². The van der Waals surface area contributed by atoms with Gasteiger partial charge < -0.3 is 30.7 Å². The van der Waals surface area contributed by atoms with E-state index in [0.717, 1.165) is 54.8 Å². The van der Waals surface area contributed by atoms with E-state index in [9.17, 15) is 24.3 Å². The molecule has 0 spiro atoms. The number of thiazole rings is 1. The second-order valence-electron chi connectivity index (χ2n) is 17.6. The summed E-state index contributed by atoms with van der Waals surface area (Å²) in [6.07, 6.45) is 1.40. The van der Waals surface area contributed by atoms with E-state index < -0.39 is 35.4 Å². The summed E-state index contributed by atoms with van der Waals surface area (Å²) in [6, 6.07) is 13.6. The van der Waals surface area contributed by atoms with Gasteiger partial charge in [0.2, 0.25) is 23.6 Å². The van der Waals surface area contributed by atoms with Gasteiger partial charge in [0.25, 0.3) is 0 Å². The highest BCUT2D eigenvalue weighted by atomic mass is 35.5. The van der Waals surface area contributed by atoms with Gasteiger partial charge in [-0.2, -0.15) is 0 Å². The van der Waals surface area contributed by atoms with E-state index in [1.807, 2.05) is 87.7 Å². The number of aromatic nitrogens is 4. The van der Waals surface area contributed by atoms with Gasteiger partial charge >= 0.3 is 0 Å². The summed E-state index contributed by atoms with van der Waals surface area (Å²) >= 11 is 9.48. The summed E-state index contributed by atoms with van der Waals surface area (Å²) in [6.45, 7) is 13.3. The van der Waals surface area contributed by atoms with Crippen molar-refractivity contribution in [2.24, 2.45) is 5.41 Å². The van der Waals surface area contributed by atoms with Crippen LogP contribution in [0.1, 0.15) is 84.0 Å². The number of β-amino-alcohol motifs (C(OH)–C–C–N with tert-alkyl or cyclic N) is 1. The van der Waals surface area contributed by atoms with E-state index in [0.29, 0.717) is 10.8 Å². The summed E-state index contributed by atoms with van der Waals surface area (Å²) in [4.78, 5) is 61.7. The summed E-state index contributed by atoms with van der Waals surface area (Å²) in [5, 5.41) is 29.7. The second kappa shape index (κ2) is 21.2. The lowest BCUT2D eigenvalue weighted by Crippen LogP contribution is -2.58. The molecule has 5 heterocycles. The van der Waals surface area contributed by atoms with Crippen LogP contribution in [-0.4, -0.2) is 97.9 Å². The van der Waals surface area contributed by atoms with Crippen LogP contribution in [0.15, 0.2) is 60.1 Å². The maximum Gasteiger partial charge on any atom is 0.246 e. The van der Waals surface area contributed by atoms with Crippen molar-refractivity contribution in [3.63, 3.8) is 0 Å². The van der Waals surface area contributed by atoms with Crippen LogP contribution < -0.4 is 16.0 Å². The number of carbonyl (C=O) groups excluding carboxylic acids is 4. The zero-order chi connectivity index (χ0) is 48.0. The predicted octanol–water partition coefficient (Wildman–Crippen LogP) is 6.21. The molecule has 0 aliphatic carbocycles. The first-order valence-electron chi connectivity index (χ1n) is 21.9. The standard InChI is InChI=1S/C50H53ClN8O6S2/c1-29-31(3)67-49-43(29)39(34-16-18-37(51)19-17-34)22-36(46-57-56-32(4)59(46)49)23-41(61)52-20-10-8-9-11-21-65-27-42(62)55-45(50(5,6)7)48(64)58-26-38(60)24-40(58)47(63)53-25-33-12-14-35(15-13-33)44-30(2)54-28-66-44/h12-19,22,28,36,38,40,45,60H,20-21,23-27H2,1-7H3,(H,52,61)(H,53,63)(H,55,62)/t36-,38+,40-,45+/m0/s1. The van der Waals surface area contributed by atoms with Gasteiger partial charge in [0.15, 0.2) is 0 Å². The van der Waals surface area contributed by atoms with Crippen molar-refractivity contribution in [1.29, 1.82) is 0 Å². The minimum Gasteiger partial charge on any atom is -0.391 e.